The van der Waals surface area contributed by atoms with Crippen LogP contribution in [0.25, 0.3) is 0 Å². The minimum Gasteiger partial charge on any atom is -0.463 e. The Hall–Kier alpha value is -3.08. The molecule has 0 saturated heterocycles. The zero-order chi connectivity index (χ0) is 70.2. The number of esters is 3. The number of unbranched alkanes of at least 4 members (excludes halogenated alkanes) is 38. The zero-order valence-electron chi connectivity index (χ0n) is 60.8. The van der Waals surface area contributed by atoms with Crippen molar-refractivity contribution in [3.05, 3.63) is 60.8 Å². The van der Waals surface area contributed by atoms with Crippen molar-refractivity contribution in [2.45, 2.75) is 360 Å². The quantitative estimate of drug-likeness (QED) is 0.0128. The molecule has 96 heavy (non-hydrogen) atoms. The molecule has 0 fully saturated rings. The number of aliphatic hydroxyl groups is 1. The third kappa shape index (κ3) is 70.8. The van der Waals surface area contributed by atoms with Crippen LogP contribution in [0.4, 0.5) is 0 Å². The van der Waals surface area contributed by atoms with Gasteiger partial charge in [0.25, 0.3) is 0 Å². The van der Waals surface area contributed by atoms with E-state index in [9.17, 15) is 43.2 Å². The molecular weight excluding hydrogens is 1260 g/mol. The molecule has 0 saturated carbocycles. The van der Waals surface area contributed by atoms with E-state index in [-0.39, 0.29) is 25.9 Å². The SMILES string of the molecule is CCCCC/C=C\C/C=C\CCCCCCCC(=O)OC[C@H](COP(=O)(O)OC[C@@H](O)COP(=O)(O)OC[C@@H](COC(=O)CCCCCCCCCCCCCCC)OCCCCCCC/C=C\CCCCCCC=O)OC(=O)CCCCCCC/C=C\C/C=C\CCCCC. The highest BCUT2D eigenvalue weighted by Crippen LogP contribution is 2.45. The fourth-order valence-corrected chi connectivity index (χ4v) is 12.1. The van der Waals surface area contributed by atoms with Crippen molar-refractivity contribution in [1.82, 2.24) is 0 Å². The van der Waals surface area contributed by atoms with Crippen molar-refractivity contribution in [3.8, 4) is 0 Å². The average molecular weight is 1400 g/mol. The predicted molar refractivity (Wildman–Crippen MR) is 391 cm³/mol. The summed E-state index contributed by atoms with van der Waals surface area (Å²) < 4.78 is 69.2. The van der Waals surface area contributed by atoms with Crippen LogP contribution < -0.4 is 0 Å². The zero-order valence-corrected chi connectivity index (χ0v) is 62.6. The molecule has 3 N–H and O–H groups in total. The highest BCUT2D eigenvalue weighted by Gasteiger charge is 2.30. The summed E-state index contributed by atoms with van der Waals surface area (Å²) in [5.41, 5.74) is 0. The van der Waals surface area contributed by atoms with E-state index in [0.717, 1.165) is 180 Å². The number of phosphoric acid groups is 2. The van der Waals surface area contributed by atoms with Gasteiger partial charge in [-0.25, -0.2) is 9.13 Å². The third-order valence-electron chi connectivity index (χ3n) is 16.5. The second-order valence-corrected chi connectivity index (χ2v) is 28.8. The maximum Gasteiger partial charge on any atom is 0.472 e. The number of rotatable bonds is 75. The summed E-state index contributed by atoms with van der Waals surface area (Å²) in [6.45, 7) is 3.48. The van der Waals surface area contributed by atoms with E-state index in [1.54, 1.807) is 0 Å². The van der Waals surface area contributed by atoms with Crippen molar-refractivity contribution in [1.29, 1.82) is 0 Å². The standard InChI is InChI=1S/C77H140O17P2/c1-4-7-10-13-16-19-22-25-27-32-37-42-47-52-57-62-76(81)89-69-74(94-77(82)63-58-53-48-43-38-33-28-26-23-20-17-14-11-8-5-2)71-93-96(85,86)91-67-72(79)66-90-95(83,84)92-70-73(87-65-60-55-50-45-40-35-30-29-34-39-44-49-54-59-64-78)68-88-75(80)61-56-51-46-41-36-31-24-21-18-15-12-9-6-3/h16-17,19-20,25-30,64,72-74,79H,4-15,18,21-24,31-63,65-71H2,1-3H3,(H,83,84)(H,85,86)/b19-16-,20-17-,27-25-,28-26-,30-29-/t72-,73+,74+/m0/s1. The van der Waals surface area contributed by atoms with Crippen LogP contribution in [0.3, 0.4) is 0 Å². The Bertz CT molecular complexity index is 2030. The van der Waals surface area contributed by atoms with E-state index in [4.69, 9.17) is 37.0 Å². The van der Waals surface area contributed by atoms with Gasteiger partial charge in [0.05, 0.1) is 26.4 Å². The topological polar surface area (TPSA) is 237 Å². The first-order chi connectivity index (χ1) is 46.8. The Morgan fingerprint density at radius 2 is 0.615 bits per heavy atom. The largest absolute Gasteiger partial charge is 0.472 e. The molecule has 0 aliphatic carbocycles. The van der Waals surface area contributed by atoms with Crippen LogP contribution in [-0.2, 0) is 65.4 Å². The summed E-state index contributed by atoms with van der Waals surface area (Å²) in [7, 11) is -9.79. The number of aldehydes is 1. The number of ether oxygens (including phenoxy) is 4. The Morgan fingerprint density at radius 1 is 0.333 bits per heavy atom. The minimum absolute atomic E-state index is 0.0900. The van der Waals surface area contributed by atoms with E-state index in [2.05, 4.69) is 81.5 Å². The van der Waals surface area contributed by atoms with Gasteiger partial charge >= 0.3 is 33.6 Å². The Labute approximate surface area is 584 Å². The van der Waals surface area contributed by atoms with Crippen LogP contribution in [0.15, 0.2) is 60.8 Å². The first kappa shape index (κ1) is 92.9. The molecule has 2 unspecified atom stereocenters. The van der Waals surface area contributed by atoms with Crippen LogP contribution in [0.1, 0.15) is 342 Å². The monoisotopic (exact) mass is 1400 g/mol. The number of hydrogen-bond donors (Lipinski definition) is 3. The van der Waals surface area contributed by atoms with Crippen LogP contribution in [-0.4, -0.2) is 104 Å². The second-order valence-electron chi connectivity index (χ2n) is 25.9. The van der Waals surface area contributed by atoms with Gasteiger partial charge in [0.15, 0.2) is 6.10 Å². The number of aliphatic hydroxyl groups excluding tert-OH is 1. The summed E-state index contributed by atoms with van der Waals surface area (Å²) in [5, 5.41) is 10.6. The lowest BCUT2D eigenvalue weighted by Gasteiger charge is -2.21. The van der Waals surface area contributed by atoms with Gasteiger partial charge in [-0.1, -0.05) is 255 Å². The third-order valence-corrected chi connectivity index (χ3v) is 18.4. The average Bonchev–Trinajstić information content (AvgIpc) is 1.65. The van der Waals surface area contributed by atoms with Gasteiger partial charge in [0.1, 0.15) is 31.7 Å². The summed E-state index contributed by atoms with van der Waals surface area (Å²) in [5.74, 6) is -1.48. The summed E-state index contributed by atoms with van der Waals surface area (Å²) in [6, 6.07) is 0. The van der Waals surface area contributed by atoms with Gasteiger partial charge in [-0.05, 0) is 122 Å². The Balaban J connectivity index is 5.27. The van der Waals surface area contributed by atoms with E-state index < -0.39 is 84.9 Å². The summed E-state index contributed by atoms with van der Waals surface area (Å²) in [6.07, 6.45) is 69.8. The van der Waals surface area contributed by atoms with Gasteiger partial charge in [-0.15, -0.1) is 0 Å². The van der Waals surface area contributed by atoms with Crippen molar-refractivity contribution >= 4 is 39.8 Å². The molecule has 0 aromatic rings. The van der Waals surface area contributed by atoms with Crippen molar-refractivity contribution in [2.75, 3.05) is 46.2 Å². The van der Waals surface area contributed by atoms with Gasteiger partial charge in [0.2, 0.25) is 0 Å². The first-order valence-electron chi connectivity index (χ1n) is 38.5. The Morgan fingerprint density at radius 3 is 1.00 bits per heavy atom. The maximum atomic E-state index is 13.1. The van der Waals surface area contributed by atoms with Crippen LogP contribution in [0.2, 0.25) is 0 Å². The number of carbonyl (C=O) groups excluding carboxylic acids is 4. The molecule has 0 radical (unpaired) electrons. The van der Waals surface area contributed by atoms with Crippen molar-refractivity contribution < 1.29 is 80.2 Å². The van der Waals surface area contributed by atoms with E-state index in [1.165, 1.54) is 96.3 Å². The van der Waals surface area contributed by atoms with Crippen molar-refractivity contribution in [3.63, 3.8) is 0 Å². The molecule has 0 aliphatic heterocycles. The molecule has 5 atom stereocenters. The Kier molecular flexibility index (Phi) is 69.4. The molecule has 0 amide bonds. The lowest BCUT2D eigenvalue weighted by molar-refractivity contribution is -0.161. The number of hydrogen-bond acceptors (Lipinski definition) is 15. The van der Waals surface area contributed by atoms with E-state index in [0.29, 0.717) is 38.7 Å². The second kappa shape index (κ2) is 71.7. The molecule has 0 aliphatic rings. The van der Waals surface area contributed by atoms with Gasteiger partial charge in [0, 0.05) is 32.3 Å². The highest BCUT2D eigenvalue weighted by molar-refractivity contribution is 7.47. The fraction of sp³-hybridized carbons (Fsp3) is 0.818. The molecule has 0 bridgehead atoms. The molecule has 0 spiro atoms. The van der Waals surface area contributed by atoms with Crippen molar-refractivity contribution in [2.24, 2.45) is 0 Å². The summed E-state index contributed by atoms with van der Waals surface area (Å²) >= 11 is 0. The predicted octanol–water partition coefficient (Wildman–Crippen LogP) is 21.5. The number of carbonyl (C=O) groups is 4. The van der Waals surface area contributed by atoms with Crippen LogP contribution in [0, 0.1) is 0 Å². The molecule has 0 aromatic heterocycles. The molecule has 0 heterocycles. The molecule has 17 nitrogen and oxygen atoms in total. The first-order valence-corrected chi connectivity index (χ1v) is 41.5. The van der Waals surface area contributed by atoms with Gasteiger partial charge in [-0.3, -0.25) is 32.5 Å². The van der Waals surface area contributed by atoms with Crippen LogP contribution in [0.5, 0.6) is 0 Å². The fourth-order valence-electron chi connectivity index (χ4n) is 10.5. The molecule has 0 rings (SSSR count). The molecule has 0 aromatic carbocycles. The van der Waals surface area contributed by atoms with Crippen LogP contribution >= 0.6 is 15.6 Å². The van der Waals surface area contributed by atoms with Gasteiger partial charge < -0.3 is 38.6 Å². The lowest BCUT2D eigenvalue weighted by atomic mass is 10.0. The molecule has 19 heteroatoms. The van der Waals surface area contributed by atoms with E-state index in [1.807, 2.05) is 0 Å². The minimum atomic E-state index is -4.94. The highest BCUT2D eigenvalue weighted by atomic mass is 31.2. The lowest BCUT2D eigenvalue weighted by Crippen LogP contribution is -2.30. The van der Waals surface area contributed by atoms with E-state index >= 15 is 0 Å². The molecule has 560 valence electrons. The number of allylic oxidation sites excluding steroid dienone is 10. The maximum absolute atomic E-state index is 13.1. The molecular formula is C77H140O17P2. The van der Waals surface area contributed by atoms with Gasteiger partial charge in [-0.2, -0.15) is 0 Å². The summed E-state index contributed by atoms with van der Waals surface area (Å²) in [4.78, 5) is 70.3. The smallest absolute Gasteiger partial charge is 0.463 e. The normalized spacial score (nSPS) is 14.3. The number of phosphoric ester groups is 2.